The highest BCUT2D eigenvalue weighted by Gasteiger charge is 2.31. The van der Waals surface area contributed by atoms with Gasteiger partial charge in [-0.25, -0.2) is 0 Å². The molecule has 2 aliphatic heterocycles. The number of carbonyl (C=O) groups is 1. The molecule has 6 heteroatoms. The zero-order valence-electron chi connectivity index (χ0n) is 12.1. The van der Waals surface area contributed by atoms with Crippen molar-refractivity contribution in [3.8, 4) is 0 Å². The number of nitrogens with one attached hydrogen (secondary N) is 1. The lowest BCUT2D eigenvalue weighted by Crippen LogP contribution is -2.52. The fourth-order valence-corrected chi connectivity index (χ4v) is 3.05. The Morgan fingerprint density at radius 1 is 1.33 bits per heavy atom. The second kappa shape index (κ2) is 7.06. The number of nitrogens with zero attached hydrogens (tertiary/aromatic N) is 1. The summed E-state index contributed by atoms with van der Waals surface area (Å²) in [7, 11) is 0. The van der Waals surface area contributed by atoms with Gasteiger partial charge in [-0.3, -0.25) is 9.69 Å². The highest BCUT2D eigenvalue weighted by atomic mass is 16.5. The Bertz CT molecular complexity index is 437. The lowest BCUT2D eigenvalue weighted by atomic mass is 9.97. The molecule has 3 rings (SSSR count). The van der Waals surface area contributed by atoms with Crippen LogP contribution in [0.5, 0.6) is 0 Å². The van der Waals surface area contributed by atoms with Crippen LogP contribution in [0, 0.1) is 5.92 Å². The summed E-state index contributed by atoms with van der Waals surface area (Å²) in [6.45, 7) is 5.56. The van der Waals surface area contributed by atoms with Crippen molar-refractivity contribution in [3.63, 3.8) is 0 Å². The topological polar surface area (TPSA) is 63.9 Å². The van der Waals surface area contributed by atoms with E-state index >= 15 is 0 Å². The zero-order valence-corrected chi connectivity index (χ0v) is 12.1. The van der Waals surface area contributed by atoms with E-state index in [-0.39, 0.29) is 5.91 Å². The molecule has 1 aromatic rings. The summed E-state index contributed by atoms with van der Waals surface area (Å²) in [6, 6.07) is 3.70. The summed E-state index contributed by atoms with van der Waals surface area (Å²) in [4.78, 5) is 14.4. The van der Waals surface area contributed by atoms with E-state index in [1.54, 1.807) is 12.1 Å². The van der Waals surface area contributed by atoms with Crippen LogP contribution in [0.1, 0.15) is 17.0 Å². The van der Waals surface area contributed by atoms with Crippen molar-refractivity contribution >= 4 is 5.91 Å². The molecule has 1 aromatic heterocycles. The van der Waals surface area contributed by atoms with Gasteiger partial charge in [0.25, 0.3) is 5.91 Å². The summed E-state index contributed by atoms with van der Waals surface area (Å²) in [6.07, 6.45) is 2.57. The molecule has 0 saturated carbocycles. The van der Waals surface area contributed by atoms with Crippen LogP contribution in [0.15, 0.2) is 22.8 Å². The predicted molar refractivity (Wildman–Crippen MR) is 76.1 cm³/mol. The summed E-state index contributed by atoms with van der Waals surface area (Å²) >= 11 is 0. The quantitative estimate of drug-likeness (QED) is 0.868. The third kappa shape index (κ3) is 3.64. The molecule has 3 heterocycles. The van der Waals surface area contributed by atoms with Gasteiger partial charge in [-0.15, -0.1) is 0 Å². The van der Waals surface area contributed by atoms with Crippen LogP contribution in [0.25, 0.3) is 0 Å². The van der Waals surface area contributed by atoms with Crippen LogP contribution in [0.2, 0.25) is 0 Å². The number of ether oxygens (including phenoxy) is 2. The Morgan fingerprint density at radius 2 is 2.19 bits per heavy atom. The Labute approximate surface area is 124 Å². The van der Waals surface area contributed by atoms with E-state index in [9.17, 15) is 4.79 Å². The molecule has 6 nitrogen and oxygen atoms in total. The van der Waals surface area contributed by atoms with Crippen molar-refractivity contribution in [1.29, 1.82) is 0 Å². The lowest BCUT2D eigenvalue weighted by Gasteiger charge is -2.37. The van der Waals surface area contributed by atoms with Crippen molar-refractivity contribution < 1.29 is 18.7 Å². The lowest BCUT2D eigenvalue weighted by molar-refractivity contribution is 0.00160. The molecular formula is C15H22N2O4. The molecule has 0 aromatic carbocycles. The summed E-state index contributed by atoms with van der Waals surface area (Å²) in [5.41, 5.74) is 0. The van der Waals surface area contributed by atoms with Gasteiger partial charge in [-0.05, 0) is 18.6 Å². The van der Waals surface area contributed by atoms with Gasteiger partial charge in [0, 0.05) is 38.2 Å². The average Bonchev–Trinajstić information content (AvgIpc) is 3.22. The average molecular weight is 294 g/mol. The summed E-state index contributed by atoms with van der Waals surface area (Å²) in [5, 5.41) is 2.99. The highest BCUT2D eigenvalue weighted by Crippen LogP contribution is 2.22. The Balaban J connectivity index is 1.59. The van der Waals surface area contributed by atoms with Crippen molar-refractivity contribution in [3.05, 3.63) is 24.2 Å². The maximum absolute atomic E-state index is 12.0. The smallest absolute Gasteiger partial charge is 0.287 e. The molecule has 2 fully saturated rings. The molecule has 116 valence electrons. The molecule has 0 unspecified atom stereocenters. The first kappa shape index (κ1) is 14.6. The number of hydrogen-bond acceptors (Lipinski definition) is 5. The molecule has 2 atom stereocenters. The minimum Gasteiger partial charge on any atom is -0.459 e. The largest absolute Gasteiger partial charge is 0.459 e. The van der Waals surface area contributed by atoms with Crippen molar-refractivity contribution in [2.24, 2.45) is 5.92 Å². The number of morpholine rings is 1. The van der Waals surface area contributed by atoms with E-state index in [0.29, 0.717) is 24.3 Å². The first-order chi connectivity index (χ1) is 10.3. The van der Waals surface area contributed by atoms with E-state index in [1.807, 2.05) is 0 Å². The van der Waals surface area contributed by atoms with Crippen LogP contribution in [-0.2, 0) is 9.47 Å². The van der Waals surface area contributed by atoms with E-state index in [0.717, 1.165) is 45.9 Å². The molecular weight excluding hydrogens is 272 g/mol. The van der Waals surface area contributed by atoms with Gasteiger partial charge < -0.3 is 19.2 Å². The van der Waals surface area contributed by atoms with Gasteiger partial charge in [0.15, 0.2) is 5.76 Å². The van der Waals surface area contributed by atoms with Crippen LogP contribution >= 0.6 is 0 Å². The SMILES string of the molecule is O=C(NC[C@H]([C@H]1CCOC1)N1CCOCC1)c1ccco1. The van der Waals surface area contributed by atoms with E-state index in [1.165, 1.54) is 6.26 Å². The second-order valence-electron chi connectivity index (χ2n) is 5.53. The Morgan fingerprint density at radius 3 is 2.86 bits per heavy atom. The van der Waals surface area contributed by atoms with E-state index in [2.05, 4.69) is 10.2 Å². The predicted octanol–water partition coefficient (Wildman–Crippen LogP) is 0.747. The second-order valence-corrected chi connectivity index (χ2v) is 5.53. The maximum atomic E-state index is 12.0. The van der Waals surface area contributed by atoms with Crippen molar-refractivity contribution in [1.82, 2.24) is 10.2 Å². The van der Waals surface area contributed by atoms with Crippen molar-refractivity contribution in [2.75, 3.05) is 46.1 Å². The fraction of sp³-hybridized carbons (Fsp3) is 0.667. The Hall–Kier alpha value is -1.37. The summed E-state index contributed by atoms with van der Waals surface area (Å²) < 4.78 is 16.1. The molecule has 1 N–H and O–H groups in total. The number of furan rings is 1. The van der Waals surface area contributed by atoms with Gasteiger partial charge in [-0.2, -0.15) is 0 Å². The van der Waals surface area contributed by atoms with E-state index in [4.69, 9.17) is 13.9 Å². The van der Waals surface area contributed by atoms with Gasteiger partial charge >= 0.3 is 0 Å². The first-order valence-electron chi connectivity index (χ1n) is 7.56. The number of rotatable bonds is 5. The van der Waals surface area contributed by atoms with Gasteiger partial charge in [0.05, 0.1) is 26.1 Å². The standard InChI is InChI=1S/C15H22N2O4/c18-15(14-2-1-6-21-14)16-10-13(12-3-7-20-11-12)17-4-8-19-9-5-17/h1-2,6,12-13H,3-5,7-11H2,(H,16,18)/t12-,13+/m0/s1. The molecule has 21 heavy (non-hydrogen) atoms. The van der Waals surface area contributed by atoms with Gasteiger partial charge in [0.2, 0.25) is 0 Å². The van der Waals surface area contributed by atoms with Crippen molar-refractivity contribution in [2.45, 2.75) is 12.5 Å². The molecule has 2 saturated heterocycles. The molecule has 1 amide bonds. The third-order valence-electron chi connectivity index (χ3n) is 4.24. The van der Waals surface area contributed by atoms with Crippen LogP contribution < -0.4 is 5.32 Å². The Kier molecular flexibility index (Phi) is 4.90. The normalized spacial score (nSPS) is 24.9. The molecule has 0 radical (unpaired) electrons. The van der Waals surface area contributed by atoms with Gasteiger partial charge in [-0.1, -0.05) is 0 Å². The molecule has 0 spiro atoms. The number of hydrogen-bond donors (Lipinski definition) is 1. The third-order valence-corrected chi connectivity index (χ3v) is 4.24. The van der Waals surface area contributed by atoms with E-state index < -0.39 is 0 Å². The minimum absolute atomic E-state index is 0.155. The van der Waals surface area contributed by atoms with Crippen LogP contribution in [0.4, 0.5) is 0 Å². The maximum Gasteiger partial charge on any atom is 0.287 e. The fourth-order valence-electron chi connectivity index (χ4n) is 3.05. The number of carbonyl (C=O) groups excluding carboxylic acids is 1. The molecule has 2 aliphatic rings. The number of amides is 1. The minimum atomic E-state index is -0.155. The molecule has 0 bridgehead atoms. The van der Waals surface area contributed by atoms with Crippen LogP contribution in [-0.4, -0.2) is 62.9 Å². The van der Waals surface area contributed by atoms with Gasteiger partial charge in [0.1, 0.15) is 0 Å². The highest BCUT2D eigenvalue weighted by molar-refractivity contribution is 5.91. The van der Waals surface area contributed by atoms with Crippen LogP contribution in [0.3, 0.4) is 0 Å². The summed E-state index contributed by atoms with van der Waals surface area (Å²) in [5.74, 6) is 0.676. The monoisotopic (exact) mass is 294 g/mol. The first-order valence-corrected chi connectivity index (χ1v) is 7.56. The zero-order chi connectivity index (χ0) is 14.5. The molecule has 0 aliphatic carbocycles.